The number of hydrogen-bond acceptors (Lipinski definition) is 3. The van der Waals surface area contributed by atoms with Gasteiger partial charge >= 0.3 is 14.3 Å². The maximum atomic E-state index is 11.8. The summed E-state index contributed by atoms with van der Waals surface area (Å²) in [7, 11) is -1.35. The van der Waals surface area contributed by atoms with E-state index < -0.39 is 8.32 Å². The molecule has 0 aliphatic carbocycles. The lowest BCUT2D eigenvalue weighted by Gasteiger charge is -2.43. The SMILES string of the molecule is C=C(c1ccc(C(=O)OC)cc1)c1cccc(O[Si](c2ccccc2)(c2ccccc2)C(C)(C)C)c1. The number of benzene rings is 4. The average molecular weight is 493 g/mol. The first-order chi connectivity index (χ1) is 17.3. The van der Waals surface area contributed by atoms with Gasteiger partial charge in [-0.25, -0.2) is 4.79 Å². The van der Waals surface area contributed by atoms with Crippen molar-refractivity contribution in [3.8, 4) is 5.75 Å². The molecule has 0 radical (unpaired) electrons. The molecule has 0 fully saturated rings. The van der Waals surface area contributed by atoms with Crippen molar-refractivity contribution < 1.29 is 14.0 Å². The maximum Gasteiger partial charge on any atom is 0.337 e. The van der Waals surface area contributed by atoms with Crippen LogP contribution in [0.15, 0.2) is 116 Å². The molecule has 4 heteroatoms. The molecule has 4 aromatic rings. The minimum Gasteiger partial charge on any atom is -0.534 e. The zero-order chi connectivity index (χ0) is 25.8. The highest BCUT2D eigenvalue weighted by molar-refractivity contribution is 7.00. The van der Waals surface area contributed by atoms with E-state index in [0.29, 0.717) is 5.56 Å². The summed E-state index contributed by atoms with van der Waals surface area (Å²) < 4.78 is 12.0. The third kappa shape index (κ3) is 4.91. The molecule has 0 aliphatic rings. The van der Waals surface area contributed by atoms with Gasteiger partial charge in [-0.3, -0.25) is 0 Å². The van der Waals surface area contributed by atoms with Crippen LogP contribution < -0.4 is 14.8 Å². The summed E-state index contributed by atoms with van der Waals surface area (Å²) in [5.74, 6) is 0.460. The summed E-state index contributed by atoms with van der Waals surface area (Å²) in [6.45, 7) is 11.1. The van der Waals surface area contributed by atoms with Crippen molar-refractivity contribution in [3.05, 3.63) is 132 Å². The van der Waals surface area contributed by atoms with E-state index in [1.165, 1.54) is 17.5 Å². The van der Waals surface area contributed by atoms with Crippen molar-refractivity contribution in [3.63, 3.8) is 0 Å². The molecule has 0 atom stereocenters. The second-order valence-electron chi connectivity index (χ2n) is 9.84. The van der Waals surface area contributed by atoms with Crippen molar-refractivity contribution in [1.29, 1.82) is 0 Å². The minimum atomic E-state index is -2.73. The van der Waals surface area contributed by atoms with Crippen molar-refractivity contribution >= 4 is 30.2 Å². The van der Waals surface area contributed by atoms with E-state index in [4.69, 9.17) is 9.16 Å². The number of hydrogen-bond donors (Lipinski definition) is 0. The van der Waals surface area contributed by atoms with Crippen molar-refractivity contribution in [2.24, 2.45) is 0 Å². The summed E-state index contributed by atoms with van der Waals surface area (Å²) in [5, 5.41) is 2.32. The Labute approximate surface area is 215 Å². The molecular formula is C32H32O3Si. The predicted molar refractivity (Wildman–Crippen MR) is 151 cm³/mol. The molecule has 0 bridgehead atoms. The first-order valence-corrected chi connectivity index (χ1v) is 14.0. The van der Waals surface area contributed by atoms with Crippen LogP contribution in [0.4, 0.5) is 0 Å². The summed E-state index contributed by atoms with van der Waals surface area (Å²) in [6, 6.07) is 36.7. The molecule has 0 saturated carbocycles. The quantitative estimate of drug-likeness (QED) is 0.219. The lowest BCUT2D eigenvalue weighted by molar-refractivity contribution is 0.0600. The van der Waals surface area contributed by atoms with Gasteiger partial charge in [0.25, 0.3) is 0 Å². The standard InChI is InChI=1S/C32H32O3Si/c1-24(25-19-21-26(22-20-25)31(33)34-5)27-13-12-14-28(23-27)35-36(32(2,3)4,29-15-8-6-9-16-29)30-17-10-7-11-18-30/h6-23H,1H2,2-5H3. The van der Waals surface area contributed by atoms with Crippen molar-refractivity contribution in [2.45, 2.75) is 25.8 Å². The van der Waals surface area contributed by atoms with Gasteiger partial charge in [-0.05, 0) is 56.4 Å². The average Bonchev–Trinajstić information content (AvgIpc) is 2.91. The zero-order valence-electron chi connectivity index (χ0n) is 21.3. The summed E-state index contributed by atoms with van der Waals surface area (Å²) in [5.41, 5.74) is 3.28. The van der Waals surface area contributed by atoms with Crippen LogP contribution >= 0.6 is 0 Å². The molecule has 3 nitrogen and oxygen atoms in total. The molecule has 0 N–H and O–H groups in total. The van der Waals surface area contributed by atoms with Crippen LogP contribution in [0.2, 0.25) is 5.04 Å². The van der Waals surface area contributed by atoms with E-state index in [1.54, 1.807) is 12.1 Å². The lowest BCUT2D eigenvalue weighted by Crippen LogP contribution is -2.68. The Morgan fingerprint density at radius 2 is 1.22 bits per heavy atom. The third-order valence-corrected chi connectivity index (χ3v) is 11.5. The summed E-state index contributed by atoms with van der Waals surface area (Å²) >= 11 is 0. The molecule has 182 valence electrons. The van der Waals surface area contributed by atoms with Gasteiger partial charge in [0.1, 0.15) is 5.75 Å². The molecule has 36 heavy (non-hydrogen) atoms. The lowest BCUT2D eigenvalue weighted by atomic mass is 9.98. The molecule has 0 aliphatic heterocycles. The Hall–Kier alpha value is -3.89. The van der Waals surface area contributed by atoms with Crippen LogP contribution in [-0.2, 0) is 4.74 Å². The first-order valence-electron chi connectivity index (χ1n) is 12.0. The molecule has 0 unspecified atom stereocenters. The summed E-state index contributed by atoms with van der Waals surface area (Å²) in [6.07, 6.45) is 0. The molecule has 0 amide bonds. The van der Waals surface area contributed by atoms with E-state index in [9.17, 15) is 4.79 Å². The Morgan fingerprint density at radius 1 is 0.694 bits per heavy atom. The number of methoxy groups -OCH3 is 1. The second kappa shape index (κ2) is 10.4. The van der Waals surface area contributed by atoms with E-state index in [1.807, 2.05) is 42.5 Å². The molecule has 4 aromatic carbocycles. The Kier molecular flexibility index (Phi) is 7.27. The minimum absolute atomic E-state index is 0.133. The number of carbonyl (C=O) groups excluding carboxylic acids is 1. The Morgan fingerprint density at radius 3 is 1.72 bits per heavy atom. The van der Waals surface area contributed by atoms with Gasteiger partial charge < -0.3 is 9.16 Å². The molecule has 4 rings (SSSR count). The van der Waals surface area contributed by atoms with Gasteiger partial charge in [-0.15, -0.1) is 0 Å². The van der Waals surface area contributed by atoms with Gasteiger partial charge in [-0.1, -0.05) is 112 Å². The number of rotatable bonds is 7. The van der Waals surface area contributed by atoms with Gasteiger partial charge in [0.15, 0.2) is 0 Å². The van der Waals surface area contributed by atoms with Gasteiger partial charge in [0.05, 0.1) is 12.7 Å². The zero-order valence-corrected chi connectivity index (χ0v) is 22.3. The van der Waals surface area contributed by atoms with Crippen LogP contribution in [0.3, 0.4) is 0 Å². The molecule has 0 spiro atoms. The molecule has 0 aromatic heterocycles. The van der Waals surface area contributed by atoms with E-state index >= 15 is 0 Å². The summed E-state index contributed by atoms with van der Waals surface area (Å²) in [4.78, 5) is 11.8. The van der Waals surface area contributed by atoms with Gasteiger partial charge in [-0.2, -0.15) is 0 Å². The van der Waals surface area contributed by atoms with Crippen LogP contribution in [0.5, 0.6) is 5.75 Å². The highest BCUT2D eigenvalue weighted by atomic mass is 28.4. The highest BCUT2D eigenvalue weighted by Gasteiger charge is 2.52. The van der Waals surface area contributed by atoms with E-state index in [0.717, 1.165) is 22.4 Å². The molecule has 0 heterocycles. The third-order valence-electron chi connectivity index (χ3n) is 6.52. The number of carbonyl (C=O) groups is 1. The molecule has 0 saturated heterocycles. The Balaban J connectivity index is 1.76. The van der Waals surface area contributed by atoms with Gasteiger partial charge in [0.2, 0.25) is 0 Å². The van der Waals surface area contributed by atoms with Crippen LogP contribution in [0.1, 0.15) is 42.3 Å². The van der Waals surface area contributed by atoms with E-state index in [2.05, 4.69) is 81.9 Å². The maximum absolute atomic E-state index is 11.8. The Bertz CT molecular complexity index is 1300. The first kappa shape index (κ1) is 25.2. The molecular weight excluding hydrogens is 460 g/mol. The van der Waals surface area contributed by atoms with Crippen molar-refractivity contribution in [2.75, 3.05) is 7.11 Å². The van der Waals surface area contributed by atoms with Crippen LogP contribution in [-0.4, -0.2) is 21.4 Å². The van der Waals surface area contributed by atoms with E-state index in [-0.39, 0.29) is 11.0 Å². The van der Waals surface area contributed by atoms with Crippen molar-refractivity contribution in [1.82, 2.24) is 0 Å². The number of ether oxygens (including phenoxy) is 1. The fraction of sp³-hybridized carbons (Fsp3) is 0.156. The van der Waals surface area contributed by atoms with Gasteiger partial charge in [0, 0.05) is 0 Å². The second-order valence-corrected chi connectivity index (χ2v) is 14.1. The smallest absolute Gasteiger partial charge is 0.337 e. The fourth-order valence-electron chi connectivity index (χ4n) is 4.67. The topological polar surface area (TPSA) is 35.5 Å². The largest absolute Gasteiger partial charge is 0.534 e. The normalized spacial score (nSPS) is 11.6. The monoisotopic (exact) mass is 492 g/mol. The predicted octanol–water partition coefficient (Wildman–Crippen LogP) is 6.47. The fourth-order valence-corrected chi connectivity index (χ4v) is 9.08. The van der Waals surface area contributed by atoms with Crippen LogP contribution in [0.25, 0.3) is 5.57 Å². The highest BCUT2D eigenvalue weighted by Crippen LogP contribution is 2.38. The van der Waals surface area contributed by atoms with Crippen LogP contribution in [0, 0.1) is 0 Å². The number of esters is 1.